The van der Waals surface area contributed by atoms with E-state index < -0.39 is 24.5 Å². The number of nitrogens with zero attached hydrogens (tertiary/aromatic N) is 2. The minimum absolute atomic E-state index is 0.161. The van der Waals surface area contributed by atoms with Gasteiger partial charge in [-0.1, -0.05) is 54.6 Å². The maximum atomic E-state index is 12.9. The molecule has 0 bridgehead atoms. The van der Waals surface area contributed by atoms with Crippen molar-refractivity contribution >= 4 is 12.2 Å². The van der Waals surface area contributed by atoms with Crippen molar-refractivity contribution in [3.63, 3.8) is 0 Å². The van der Waals surface area contributed by atoms with Gasteiger partial charge in [0.05, 0.1) is 13.2 Å². The molecular formula is C21H22N2O5. The molecule has 7 nitrogen and oxygen atoms in total. The lowest BCUT2D eigenvalue weighted by Gasteiger charge is -2.40. The Hall–Kier alpha value is -3.06. The first kappa shape index (κ1) is 18.3. The van der Waals surface area contributed by atoms with Crippen LogP contribution in [0.15, 0.2) is 54.6 Å². The Kier molecular flexibility index (Phi) is 5.16. The van der Waals surface area contributed by atoms with Crippen molar-refractivity contribution < 1.29 is 24.2 Å². The van der Waals surface area contributed by atoms with Gasteiger partial charge in [-0.15, -0.1) is 0 Å². The smallest absolute Gasteiger partial charge is 0.412 e. The molecule has 2 heterocycles. The predicted octanol–water partition coefficient (Wildman–Crippen LogP) is 2.69. The van der Waals surface area contributed by atoms with E-state index in [-0.39, 0.29) is 19.8 Å². The minimum atomic E-state index is -0.614. The first-order valence-electron chi connectivity index (χ1n) is 9.30. The van der Waals surface area contributed by atoms with Crippen molar-refractivity contribution in [3.8, 4) is 0 Å². The Morgan fingerprint density at radius 3 is 2.64 bits per heavy atom. The zero-order valence-electron chi connectivity index (χ0n) is 15.4. The van der Waals surface area contributed by atoms with Crippen molar-refractivity contribution in [2.45, 2.75) is 25.3 Å². The number of rotatable bonds is 4. The highest BCUT2D eigenvalue weighted by molar-refractivity contribution is 5.74. The van der Waals surface area contributed by atoms with Crippen molar-refractivity contribution in [3.05, 3.63) is 71.3 Å². The zero-order valence-corrected chi connectivity index (χ0v) is 15.4. The van der Waals surface area contributed by atoms with Crippen molar-refractivity contribution in [1.29, 1.82) is 0 Å². The highest BCUT2D eigenvalue weighted by Gasteiger charge is 2.43. The number of ether oxygens (including phenoxy) is 2. The molecule has 7 heteroatoms. The van der Waals surface area contributed by atoms with Crippen molar-refractivity contribution in [2.24, 2.45) is 0 Å². The molecule has 2 aromatic rings. The van der Waals surface area contributed by atoms with E-state index in [9.17, 15) is 14.7 Å². The Morgan fingerprint density at radius 1 is 1.14 bits per heavy atom. The average Bonchev–Trinajstić information content (AvgIpc) is 3.12. The Morgan fingerprint density at radius 2 is 1.89 bits per heavy atom. The number of carbonyl (C=O) groups excluding carboxylic acids is 2. The molecule has 0 radical (unpaired) electrons. The molecule has 1 fully saturated rings. The summed E-state index contributed by atoms with van der Waals surface area (Å²) in [6.07, 6.45) is -1.55. The van der Waals surface area contributed by atoms with Gasteiger partial charge in [-0.05, 0) is 23.1 Å². The van der Waals surface area contributed by atoms with Gasteiger partial charge < -0.3 is 14.6 Å². The number of fused-ring (bicyclic) bond motifs is 1. The number of benzene rings is 2. The molecule has 146 valence electrons. The largest absolute Gasteiger partial charge is 0.444 e. The van der Waals surface area contributed by atoms with E-state index in [1.807, 2.05) is 54.6 Å². The molecule has 1 saturated heterocycles. The quantitative estimate of drug-likeness (QED) is 0.880. The molecule has 0 saturated carbocycles. The maximum absolute atomic E-state index is 12.9. The highest BCUT2D eigenvalue weighted by atomic mass is 16.6. The summed E-state index contributed by atoms with van der Waals surface area (Å²) in [5, 5.41) is 9.37. The molecule has 4 rings (SSSR count). The van der Waals surface area contributed by atoms with E-state index in [1.165, 1.54) is 4.90 Å². The number of aliphatic hydroxyl groups is 1. The predicted molar refractivity (Wildman–Crippen MR) is 100 cm³/mol. The molecule has 2 amide bonds. The van der Waals surface area contributed by atoms with Crippen LogP contribution in [0.3, 0.4) is 0 Å². The lowest BCUT2D eigenvalue weighted by molar-refractivity contribution is 0.0359. The average molecular weight is 382 g/mol. The van der Waals surface area contributed by atoms with Crippen LogP contribution in [0.25, 0.3) is 0 Å². The van der Waals surface area contributed by atoms with Gasteiger partial charge in [-0.3, -0.25) is 9.80 Å². The third-order valence-corrected chi connectivity index (χ3v) is 5.09. The van der Waals surface area contributed by atoms with E-state index >= 15 is 0 Å². The van der Waals surface area contributed by atoms with Crippen LogP contribution in [0.1, 0.15) is 22.9 Å². The SMILES string of the molecule is O=C(OCc1ccccc1)N1CCc2ccccc2C1N1C[C@H](CO)OC1=O. The molecular weight excluding hydrogens is 360 g/mol. The lowest BCUT2D eigenvalue weighted by Crippen LogP contribution is -2.49. The Bertz CT molecular complexity index is 857. The van der Waals surface area contributed by atoms with Crippen molar-refractivity contribution in [2.75, 3.05) is 19.7 Å². The topological polar surface area (TPSA) is 79.3 Å². The van der Waals surface area contributed by atoms with Gasteiger partial charge >= 0.3 is 12.2 Å². The van der Waals surface area contributed by atoms with Crippen LogP contribution < -0.4 is 0 Å². The third kappa shape index (κ3) is 3.53. The van der Waals surface area contributed by atoms with Gasteiger partial charge in [0.1, 0.15) is 18.9 Å². The lowest BCUT2D eigenvalue weighted by atomic mass is 9.96. The minimum Gasteiger partial charge on any atom is -0.444 e. The molecule has 1 N–H and O–H groups in total. The van der Waals surface area contributed by atoms with Gasteiger partial charge in [0.15, 0.2) is 0 Å². The van der Waals surface area contributed by atoms with E-state index in [2.05, 4.69) is 0 Å². The number of amides is 2. The van der Waals surface area contributed by atoms with Crippen LogP contribution in [0.5, 0.6) is 0 Å². The number of hydrogen-bond donors (Lipinski definition) is 1. The maximum Gasteiger partial charge on any atom is 0.412 e. The second kappa shape index (κ2) is 7.90. The van der Waals surface area contributed by atoms with Gasteiger partial charge in [-0.2, -0.15) is 0 Å². The van der Waals surface area contributed by atoms with Gasteiger partial charge in [-0.25, -0.2) is 9.59 Å². The van der Waals surface area contributed by atoms with Gasteiger partial charge in [0.2, 0.25) is 0 Å². The number of cyclic esters (lactones) is 1. The summed E-state index contributed by atoms with van der Waals surface area (Å²) in [5.41, 5.74) is 2.85. The summed E-state index contributed by atoms with van der Waals surface area (Å²) in [6, 6.07) is 17.2. The highest BCUT2D eigenvalue weighted by Crippen LogP contribution is 2.35. The molecule has 0 spiro atoms. The summed E-state index contributed by atoms with van der Waals surface area (Å²) in [4.78, 5) is 28.3. The standard InChI is InChI=1S/C21H22N2O5/c24-13-17-12-23(21(26)28-17)19-18-9-5-4-8-16(18)10-11-22(19)20(25)27-14-15-6-2-1-3-7-15/h1-9,17,19,24H,10-14H2/t17-,19?/m1/s1. The van der Waals surface area contributed by atoms with Crippen LogP contribution in [-0.2, 0) is 22.5 Å². The molecule has 28 heavy (non-hydrogen) atoms. The molecule has 0 aliphatic carbocycles. The van der Waals surface area contributed by atoms with E-state index in [1.54, 1.807) is 4.90 Å². The van der Waals surface area contributed by atoms with Crippen molar-refractivity contribution in [1.82, 2.24) is 9.80 Å². The van der Waals surface area contributed by atoms with Crippen LogP contribution in [0, 0.1) is 0 Å². The number of hydrogen-bond acceptors (Lipinski definition) is 5. The number of aliphatic hydroxyl groups excluding tert-OH is 1. The molecule has 1 unspecified atom stereocenters. The normalized spacial score (nSPS) is 21.2. The first-order valence-corrected chi connectivity index (χ1v) is 9.30. The van der Waals surface area contributed by atoms with Crippen LogP contribution in [0.2, 0.25) is 0 Å². The van der Waals surface area contributed by atoms with E-state index in [0.717, 1.165) is 16.7 Å². The second-order valence-electron chi connectivity index (χ2n) is 6.90. The van der Waals surface area contributed by atoms with Gasteiger partial charge in [0, 0.05) is 6.54 Å². The fraction of sp³-hybridized carbons (Fsp3) is 0.333. The molecule has 2 atom stereocenters. The molecule has 2 aromatic carbocycles. The molecule has 2 aliphatic rings. The number of carbonyl (C=O) groups is 2. The van der Waals surface area contributed by atoms with E-state index in [0.29, 0.717) is 13.0 Å². The van der Waals surface area contributed by atoms with Gasteiger partial charge in [0.25, 0.3) is 0 Å². The van der Waals surface area contributed by atoms with E-state index in [4.69, 9.17) is 9.47 Å². The van der Waals surface area contributed by atoms with Crippen LogP contribution in [-0.4, -0.2) is 52.9 Å². The first-order chi connectivity index (χ1) is 13.7. The Labute approximate surface area is 163 Å². The van der Waals surface area contributed by atoms with Crippen LogP contribution >= 0.6 is 0 Å². The summed E-state index contributed by atoms with van der Waals surface area (Å²) < 4.78 is 10.7. The monoisotopic (exact) mass is 382 g/mol. The van der Waals surface area contributed by atoms with Crippen LogP contribution in [0.4, 0.5) is 9.59 Å². The molecule has 0 aromatic heterocycles. The summed E-state index contributed by atoms with van der Waals surface area (Å²) in [6.45, 7) is 0.559. The second-order valence-corrected chi connectivity index (χ2v) is 6.90. The summed E-state index contributed by atoms with van der Waals surface area (Å²) in [7, 11) is 0. The zero-order chi connectivity index (χ0) is 19.5. The fourth-order valence-electron chi connectivity index (χ4n) is 3.71. The molecule has 2 aliphatic heterocycles. The Balaban J connectivity index is 1.58. The third-order valence-electron chi connectivity index (χ3n) is 5.09. The fourth-order valence-corrected chi connectivity index (χ4v) is 3.71. The summed E-state index contributed by atoms with van der Waals surface area (Å²) >= 11 is 0. The summed E-state index contributed by atoms with van der Waals surface area (Å²) in [5.74, 6) is 0.